The van der Waals surface area contributed by atoms with Gasteiger partial charge in [0, 0.05) is 9.81 Å². The zero-order valence-corrected chi connectivity index (χ0v) is 12.8. The third-order valence-electron chi connectivity index (χ3n) is 2.77. The van der Waals surface area contributed by atoms with E-state index in [0.717, 1.165) is 26.7 Å². The van der Waals surface area contributed by atoms with E-state index in [-0.39, 0.29) is 0 Å². The Morgan fingerprint density at radius 2 is 1.45 bits per heavy atom. The van der Waals surface area contributed by atoms with Crippen LogP contribution in [0.4, 0.5) is 0 Å². The molecule has 2 rings (SSSR count). The van der Waals surface area contributed by atoms with Gasteiger partial charge in [0.25, 0.3) is 0 Å². The summed E-state index contributed by atoms with van der Waals surface area (Å²) in [5, 5.41) is 0. The molecule has 0 heterocycles. The minimum Gasteiger partial charge on any atom is -0.490 e. The molecule has 0 atom stereocenters. The van der Waals surface area contributed by atoms with Gasteiger partial charge in [0.15, 0.2) is 0 Å². The lowest BCUT2D eigenvalue weighted by Gasteiger charge is -2.08. The Labute approximate surface area is 130 Å². The fourth-order valence-electron chi connectivity index (χ4n) is 1.73. The van der Waals surface area contributed by atoms with Gasteiger partial charge in [0.1, 0.15) is 12.4 Å². The lowest BCUT2D eigenvalue weighted by atomic mass is 10.1. The molecule has 2 aromatic rings. The van der Waals surface area contributed by atoms with E-state index in [1.165, 1.54) is 0 Å². The maximum Gasteiger partial charge on any atom is 0.119 e. The van der Waals surface area contributed by atoms with Crippen molar-refractivity contribution in [3.05, 3.63) is 78.4 Å². The SMILES string of the molecule is C=CCOc1ccc(/C(S)=C(/S)c2ccccc2)cc1. The number of ether oxygens (including phenoxy) is 1. The van der Waals surface area contributed by atoms with Gasteiger partial charge in [0.05, 0.1) is 0 Å². The summed E-state index contributed by atoms with van der Waals surface area (Å²) in [7, 11) is 0. The van der Waals surface area contributed by atoms with Crippen LogP contribution in [0.1, 0.15) is 11.1 Å². The molecule has 0 spiro atoms. The molecule has 1 nitrogen and oxygen atoms in total. The highest BCUT2D eigenvalue weighted by atomic mass is 32.1. The molecule has 2 aromatic carbocycles. The van der Waals surface area contributed by atoms with Crippen molar-refractivity contribution in [3.8, 4) is 5.75 Å². The predicted octanol–water partition coefficient (Wildman–Crippen LogP) is 4.94. The summed E-state index contributed by atoms with van der Waals surface area (Å²) in [4.78, 5) is 1.70. The normalized spacial score (nSPS) is 11.7. The molecule has 20 heavy (non-hydrogen) atoms. The van der Waals surface area contributed by atoms with Gasteiger partial charge in [-0.05, 0) is 23.3 Å². The van der Waals surface area contributed by atoms with Crippen LogP contribution >= 0.6 is 25.3 Å². The first kappa shape index (κ1) is 14.8. The van der Waals surface area contributed by atoms with Crippen LogP contribution in [0.25, 0.3) is 9.81 Å². The first-order valence-electron chi connectivity index (χ1n) is 6.24. The van der Waals surface area contributed by atoms with Crippen molar-refractivity contribution in [2.75, 3.05) is 6.61 Å². The Hall–Kier alpha value is -1.58. The number of hydrogen-bond acceptors (Lipinski definition) is 3. The topological polar surface area (TPSA) is 9.23 Å². The third-order valence-corrected chi connectivity index (χ3v) is 3.91. The maximum atomic E-state index is 5.46. The molecular weight excluding hydrogens is 284 g/mol. The van der Waals surface area contributed by atoms with Crippen LogP contribution in [0.15, 0.2) is 67.3 Å². The molecular formula is C17H16OS2. The van der Waals surface area contributed by atoms with Crippen LogP contribution < -0.4 is 4.74 Å². The summed E-state index contributed by atoms with van der Waals surface area (Å²) in [6.07, 6.45) is 1.72. The number of thiol groups is 2. The quantitative estimate of drug-likeness (QED) is 0.452. The molecule has 0 amide bonds. The second-order valence-corrected chi connectivity index (χ2v) is 5.08. The minimum absolute atomic E-state index is 0.505. The van der Waals surface area contributed by atoms with E-state index >= 15 is 0 Å². The average Bonchev–Trinajstić information content (AvgIpc) is 2.53. The van der Waals surface area contributed by atoms with Crippen LogP contribution in [0.3, 0.4) is 0 Å². The van der Waals surface area contributed by atoms with Crippen LogP contribution in [-0.4, -0.2) is 6.61 Å². The molecule has 0 fully saturated rings. The Kier molecular flexibility index (Phi) is 5.39. The summed E-state index contributed by atoms with van der Waals surface area (Å²) in [6.45, 7) is 4.13. The van der Waals surface area contributed by atoms with Gasteiger partial charge in [0.2, 0.25) is 0 Å². The van der Waals surface area contributed by atoms with E-state index in [0.29, 0.717) is 6.61 Å². The molecule has 0 N–H and O–H groups in total. The molecule has 0 unspecified atom stereocenters. The van der Waals surface area contributed by atoms with E-state index in [1.54, 1.807) is 6.08 Å². The van der Waals surface area contributed by atoms with E-state index in [4.69, 9.17) is 4.74 Å². The third kappa shape index (κ3) is 3.71. The van der Waals surface area contributed by atoms with Gasteiger partial charge in [-0.1, -0.05) is 55.1 Å². The van der Waals surface area contributed by atoms with Gasteiger partial charge in [-0.3, -0.25) is 0 Å². The van der Waals surface area contributed by atoms with Gasteiger partial charge in [-0.25, -0.2) is 0 Å². The second kappa shape index (κ2) is 7.27. The largest absolute Gasteiger partial charge is 0.490 e. The summed E-state index contributed by atoms with van der Waals surface area (Å²) >= 11 is 9.14. The fraction of sp³-hybridized carbons (Fsp3) is 0.0588. The highest BCUT2D eigenvalue weighted by Gasteiger charge is 2.05. The molecule has 102 valence electrons. The Morgan fingerprint density at radius 1 is 0.900 bits per heavy atom. The number of hydrogen-bond donors (Lipinski definition) is 2. The lowest BCUT2D eigenvalue weighted by molar-refractivity contribution is 0.363. The van der Waals surface area contributed by atoms with E-state index in [1.807, 2.05) is 54.6 Å². The molecule has 0 aliphatic carbocycles. The fourth-order valence-corrected chi connectivity index (χ4v) is 2.29. The monoisotopic (exact) mass is 300 g/mol. The summed E-state index contributed by atoms with van der Waals surface area (Å²) in [6, 6.07) is 17.8. The molecule has 0 saturated carbocycles. The molecule has 0 aromatic heterocycles. The summed E-state index contributed by atoms with van der Waals surface area (Å²) < 4.78 is 5.46. The van der Waals surface area contributed by atoms with Crippen LogP contribution in [-0.2, 0) is 0 Å². The zero-order chi connectivity index (χ0) is 14.4. The van der Waals surface area contributed by atoms with Crippen molar-refractivity contribution in [2.24, 2.45) is 0 Å². The smallest absolute Gasteiger partial charge is 0.119 e. The first-order valence-corrected chi connectivity index (χ1v) is 7.13. The van der Waals surface area contributed by atoms with Crippen LogP contribution in [0, 0.1) is 0 Å². The van der Waals surface area contributed by atoms with Gasteiger partial charge in [-0.15, -0.1) is 25.3 Å². The van der Waals surface area contributed by atoms with Crippen LogP contribution in [0.2, 0.25) is 0 Å². The number of benzene rings is 2. The second-order valence-electron chi connectivity index (χ2n) is 4.19. The Morgan fingerprint density at radius 3 is 2.00 bits per heavy atom. The molecule has 3 heteroatoms. The first-order chi connectivity index (χ1) is 9.72. The van der Waals surface area contributed by atoms with Crippen molar-refractivity contribution in [1.29, 1.82) is 0 Å². The van der Waals surface area contributed by atoms with Gasteiger partial charge in [-0.2, -0.15) is 0 Å². The molecule has 0 aliphatic heterocycles. The maximum absolute atomic E-state index is 5.46. The molecule has 0 aliphatic rings. The molecule has 0 bridgehead atoms. The summed E-state index contributed by atoms with van der Waals surface area (Å²) in [5.74, 6) is 0.815. The Balaban J connectivity index is 2.24. The van der Waals surface area contributed by atoms with E-state index in [2.05, 4.69) is 31.8 Å². The minimum atomic E-state index is 0.505. The zero-order valence-electron chi connectivity index (χ0n) is 11.0. The highest BCUT2D eigenvalue weighted by Crippen LogP contribution is 2.32. The highest BCUT2D eigenvalue weighted by molar-refractivity contribution is 7.96. The van der Waals surface area contributed by atoms with Crippen molar-refractivity contribution in [2.45, 2.75) is 0 Å². The Bertz CT molecular complexity index is 601. The average molecular weight is 300 g/mol. The standard InChI is InChI=1S/C17H16OS2/c1-2-12-18-15-10-8-14(9-11-15)17(20)16(19)13-6-4-3-5-7-13/h2-11,19-20H,1,12H2/b17-16-. The number of rotatable bonds is 5. The van der Waals surface area contributed by atoms with E-state index < -0.39 is 0 Å². The van der Waals surface area contributed by atoms with E-state index in [9.17, 15) is 0 Å². The lowest BCUT2D eigenvalue weighted by Crippen LogP contribution is -1.92. The van der Waals surface area contributed by atoms with Gasteiger partial charge < -0.3 is 4.74 Å². The molecule has 0 radical (unpaired) electrons. The van der Waals surface area contributed by atoms with Crippen molar-refractivity contribution in [3.63, 3.8) is 0 Å². The van der Waals surface area contributed by atoms with Crippen molar-refractivity contribution in [1.82, 2.24) is 0 Å². The van der Waals surface area contributed by atoms with Gasteiger partial charge >= 0.3 is 0 Å². The van der Waals surface area contributed by atoms with Crippen molar-refractivity contribution < 1.29 is 4.74 Å². The summed E-state index contributed by atoms with van der Waals surface area (Å²) in [5.41, 5.74) is 2.06. The predicted molar refractivity (Wildman–Crippen MR) is 93.4 cm³/mol. The molecule has 0 saturated heterocycles. The van der Waals surface area contributed by atoms with Crippen molar-refractivity contribution >= 4 is 35.1 Å². The van der Waals surface area contributed by atoms with Crippen LogP contribution in [0.5, 0.6) is 5.75 Å².